The number of aliphatic hydroxyl groups excluding tert-OH is 1. The highest BCUT2D eigenvalue weighted by Crippen LogP contribution is 2.27. The molecule has 2 aliphatic rings. The number of hydrogen-bond acceptors (Lipinski definition) is 2. The maximum Gasteiger partial charge on any atom is 0.220 e. The van der Waals surface area contributed by atoms with Crippen LogP contribution in [0.3, 0.4) is 0 Å². The molecule has 2 atom stereocenters. The predicted molar refractivity (Wildman–Crippen MR) is 63.0 cm³/mol. The van der Waals surface area contributed by atoms with E-state index in [1.165, 1.54) is 25.7 Å². The number of amides is 1. The molecule has 0 aromatic carbocycles. The molecule has 0 aromatic heterocycles. The van der Waals surface area contributed by atoms with Crippen LogP contribution < -0.4 is 5.32 Å². The minimum Gasteiger partial charge on any atom is -0.391 e. The highest BCUT2D eigenvalue weighted by atomic mass is 16.3. The van der Waals surface area contributed by atoms with Crippen molar-refractivity contribution in [2.75, 3.05) is 0 Å². The molecule has 0 aliphatic heterocycles. The van der Waals surface area contributed by atoms with Gasteiger partial charge in [0.15, 0.2) is 0 Å². The van der Waals surface area contributed by atoms with Gasteiger partial charge in [0.2, 0.25) is 5.91 Å². The smallest absolute Gasteiger partial charge is 0.220 e. The van der Waals surface area contributed by atoms with Gasteiger partial charge < -0.3 is 10.4 Å². The summed E-state index contributed by atoms with van der Waals surface area (Å²) in [5.74, 6) is 0.749. The summed E-state index contributed by atoms with van der Waals surface area (Å²) in [6.45, 7) is 0. The molecule has 16 heavy (non-hydrogen) atoms. The van der Waals surface area contributed by atoms with Crippen molar-refractivity contribution in [3.05, 3.63) is 0 Å². The van der Waals surface area contributed by atoms with Gasteiger partial charge >= 0.3 is 0 Å². The summed E-state index contributed by atoms with van der Waals surface area (Å²) in [6, 6.07) is 0.0163. The second-order valence-electron chi connectivity index (χ2n) is 5.38. The third-order valence-corrected chi connectivity index (χ3v) is 4.02. The van der Waals surface area contributed by atoms with Crippen molar-refractivity contribution in [3.63, 3.8) is 0 Å². The monoisotopic (exact) mass is 225 g/mol. The number of rotatable bonds is 3. The second-order valence-corrected chi connectivity index (χ2v) is 5.38. The fraction of sp³-hybridized carbons (Fsp3) is 0.923. The van der Waals surface area contributed by atoms with Crippen LogP contribution >= 0.6 is 0 Å². The molecular weight excluding hydrogens is 202 g/mol. The zero-order valence-electron chi connectivity index (χ0n) is 9.95. The van der Waals surface area contributed by atoms with E-state index in [0.29, 0.717) is 12.3 Å². The van der Waals surface area contributed by atoms with Gasteiger partial charge in [-0.2, -0.15) is 0 Å². The molecule has 1 amide bonds. The molecule has 2 rings (SSSR count). The SMILES string of the molecule is O=C(CC1CCCC1)N[C@H]1CCCC[C@@H]1O. The number of aliphatic hydroxyl groups is 1. The molecule has 2 aliphatic carbocycles. The lowest BCUT2D eigenvalue weighted by Gasteiger charge is -2.28. The number of carbonyl (C=O) groups excluding carboxylic acids is 1. The Bertz CT molecular complexity index is 236. The van der Waals surface area contributed by atoms with Gasteiger partial charge in [0, 0.05) is 6.42 Å². The molecule has 0 unspecified atom stereocenters. The molecule has 2 saturated carbocycles. The summed E-state index contributed by atoms with van der Waals surface area (Å²) in [7, 11) is 0. The molecule has 0 radical (unpaired) electrons. The van der Waals surface area contributed by atoms with Crippen LogP contribution in [0.2, 0.25) is 0 Å². The minimum absolute atomic E-state index is 0.0163. The van der Waals surface area contributed by atoms with E-state index >= 15 is 0 Å². The number of carbonyl (C=O) groups is 1. The van der Waals surface area contributed by atoms with E-state index in [2.05, 4.69) is 5.32 Å². The Morgan fingerprint density at radius 1 is 1.06 bits per heavy atom. The fourth-order valence-corrected chi connectivity index (χ4v) is 3.02. The Labute approximate surface area is 97.6 Å². The Morgan fingerprint density at radius 2 is 1.69 bits per heavy atom. The van der Waals surface area contributed by atoms with Crippen molar-refractivity contribution in [1.82, 2.24) is 5.32 Å². The first-order valence-electron chi connectivity index (χ1n) is 6.73. The summed E-state index contributed by atoms with van der Waals surface area (Å²) in [6.07, 6.45) is 9.34. The van der Waals surface area contributed by atoms with Crippen LogP contribution in [0.1, 0.15) is 57.8 Å². The van der Waals surface area contributed by atoms with E-state index < -0.39 is 0 Å². The van der Waals surface area contributed by atoms with E-state index in [-0.39, 0.29) is 18.1 Å². The molecule has 2 N–H and O–H groups in total. The van der Waals surface area contributed by atoms with E-state index in [0.717, 1.165) is 25.7 Å². The molecule has 0 bridgehead atoms. The molecular formula is C13H23NO2. The lowest BCUT2D eigenvalue weighted by molar-refractivity contribution is -0.123. The van der Waals surface area contributed by atoms with Crippen molar-refractivity contribution in [2.45, 2.75) is 69.9 Å². The summed E-state index contributed by atoms with van der Waals surface area (Å²) < 4.78 is 0. The van der Waals surface area contributed by atoms with Crippen LogP contribution in [-0.2, 0) is 4.79 Å². The van der Waals surface area contributed by atoms with Crippen LogP contribution in [0.4, 0.5) is 0 Å². The van der Waals surface area contributed by atoms with Crippen LogP contribution in [0.5, 0.6) is 0 Å². The first-order chi connectivity index (χ1) is 7.75. The van der Waals surface area contributed by atoms with Crippen molar-refractivity contribution < 1.29 is 9.90 Å². The molecule has 0 spiro atoms. The number of nitrogens with one attached hydrogen (secondary N) is 1. The zero-order chi connectivity index (χ0) is 11.4. The molecule has 3 nitrogen and oxygen atoms in total. The van der Waals surface area contributed by atoms with Gasteiger partial charge in [0.25, 0.3) is 0 Å². The van der Waals surface area contributed by atoms with E-state index in [1.54, 1.807) is 0 Å². The molecule has 2 fully saturated rings. The molecule has 0 aromatic rings. The van der Waals surface area contributed by atoms with Gasteiger partial charge in [-0.1, -0.05) is 25.7 Å². The van der Waals surface area contributed by atoms with Crippen LogP contribution in [0, 0.1) is 5.92 Å². The average molecular weight is 225 g/mol. The fourth-order valence-electron chi connectivity index (χ4n) is 3.02. The zero-order valence-corrected chi connectivity index (χ0v) is 9.95. The topological polar surface area (TPSA) is 49.3 Å². The van der Waals surface area contributed by atoms with Gasteiger partial charge in [-0.25, -0.2) is 0 Å². The lowest BCUT2D eigenvalue weighted by Crippen LogP contribution is -2.45. The normalized spacial score (nSPS) is 31.6. The summed E-state index contributed by atoms with van der Waals surface area (Å²) in [4.78, 5) is 11.8. The molecule has 0 heterocycles. The van der Waals surface area contributed by atoms with Gasteiger partial charge in [-0.05, 0) is 31.6 Å². The van der Waals surface area contributed by atoms with E-state index in [1.807, 2.05) is 0 Å². The standard InChI is InChI=1S/C13H23NO2/c15-12-8-4-3-7-11(12)14-13(16)9-10-5-1-2-6-10/h10-12,15H,1-9H2,(H,14,16)/t11-,12-/m0/s1. The maximum absolute atomic E-state index is 11.8. The Morgan fingerprint density at radius 3 is 2.38 bits per heavy atom. The van der Waals surface area contributed by atoms with Gasteiger partial charge in [-0.3, -0.25) is 4.79 Å². The Kier molecular flexibility index (Phi) is 4.22. The first-order valence-corrected chi connectivity index (χ1v) is 6.73. The quantitative estimate of drug-likeness (QED) is 0.771. The molecule has 92 valence electrons. The van der Waals surface area contributed by atoms with Crippen molar-refractivity contribution in [3.8, 4) is 0 Å². The highest BCUT2D eigenvalue weighted by Gasteiger charge is 2.26. The van der Waals surface area contributed by atoms with Crippen LogP contribution in [0.15, 0.2) is 0 Å². The summed E-state index contributed by atoms with van der Waals surface area (Å²) >= 11 is 0. The average Bonchev–Trinajstić information content (AvgIpc) is 2.74. The predicted octanol–water partition coefficient (Wildman–Crippen LogP) is 1.99. The van der Waals surface area contributed by atoms with Crippen molar-refractivity contribution in [2.24, 2.45) is 5.92 Å². The molecule has 0 saturated heterocycles. The largest absolute Gasteiger partial charge is 0.391 e. The van der Waals surface area contributed by atoms with Crippen LogP contribution in [0.25, 0.3) is 0 Å². The Balaban J connectivity index is 1.72. The minimum atomic E-state index is -0.318. The highest BCUT2D eigenvalue weighted by molar-refractivity contribution is 5.76. The second kappa shape index (κ2) is 5.67. The van der Waals surface area contributed by atoms with Gasteiger partial charge in [0.1, 0.15) is 0 Å². The van der Waals surface area contributed by atoms with Crippen molar-refractivity contribution >= 4 is 5.91 Å². The lowest BCUT2D eigenvalue weighted by atomic mass is 9.92. The summed E-state index contributed by atoms with van der Waals surface area (Å²) in [5.41, 5.74) is 0. The van der Waals surface area contributed by atoms with Crippen LogP contribution in [-0.4, -0.2) is 23.2 Å². The third-order valence-electron chi connectivity index (χ3n) is 4.02. The maximum atomic E-state index is 11.8. The van der Waals surface area contributed by atoms with Gasteiger partial charge in [0.05, 0.1) is 12.1 Å². The first kappa shape index (κ1) is 11.9. The number of hydrogen-bond donors (Lipinski definition) is 2. The van der Waals surface area contributed by atoms with E-state index in [4.69, 9.17) is 0 Å². The molecule has 3 heteroatoms. The van der Waals surface area contributed by atoms with Crippen molar-refractivity contribution in [1.29, 1.82) is 0 Å². The third kappa shape index (κ3) is 3.21. The summed E-state index contributed by atoms with van der Waals surface area (Å²) in [5, 5.41) is 12.8. The van der Waals surface area contributed by atoms with Gasteiger partial charge in [-0.15, -0.1) is 0 Å². The van der Waals surface area contributed by atoms with E-state index in [9.17, 15) is 9.90 Å². The Hall–Kier alpha value is -0.570.